The summed E-state index contributed by atoms with van der Waals surface area (Å²) >= 11 is 3.15. The highest BCUT2D eigenvalue weighted by Gasteiger charge is 2.05. The average molecular weight is 352 g/mol. The molecule has 7 heteroatoms. The van der Waals surface area contributed by atoms with Crippen molar-refractivity contribution in [3.05, 3.63) is 68.6 Å². The van der Waals surface area contributed by atoms with Gasteiger partial charge in [-0.15, -0.1) is 0 Å². The Balaban J connectivity index is 1.86. The Hall–Kier alpha value is -2.41. The summed E-state index contributed by atoms with van der Waals surface area (Å²) in [5, 5.41) is 10.5. The number of hydrogen-bond donors (Lipinski definition) is 0. The minimum Gasteiger partial charge on any atom is -0.458 e. The molecule has 0 amide bonds. The summed E-state index contributed by atoms with van der Waals surface area (Å²) in [5.74, 6) is -0.00460. The van der Waals surface area contributed by atoms with Crippen LogP contribution in [-0.2, 0) is 16.1 Å². The van der Waals surface area contributed by atoms with E-state index in [2.05, 4.69) is 15.9 Å². The first-order chi connectivity index (χ1) is 10.0. The van der Waals surface area contributed by atoms with Gasteiger partial charge in [0.25, 0.3) is 5.69 Å². The molecule has 1 aromatic carbocycles. The van der Waals surface area contributed by atoms with Crippen LogP contribution < -0.4 is 0 Å². The van der Waals surface area contributed by atoms with Gasteiger partial charge < -0.3 is 9.15 Å². The van der Waals surface area contributed by atoms with Crippen molar-refractivity contribution in [2.24, 2.45) is 0 Å². The van der Waals surface area contributed by atoms with Crippen molar-refractivity contribution in [1.82, 2.24) is 0 Å². The smallest absolute Gasteiger partial charge is 0.331 e. The largest absolute Gasteiger partial charge is 0.458 e. The fourth-order valence-electron chi connectivity index (χ4n) is 1.48. The number of nitro benzene ring substituents is 1. The van der Waals surface area contributed by atoms with Crippen LogP contribution in [0.15, 0.2) is 51.6 Å². The maximum Gasteiger partial charge on any atom is 0.331 e. The number of carbonyl (C=O) groups excluding carboxylic acids is 1. The van der Waals surface area contributed by atoms with Crippen LogP contribution in [0.2, 0.25) is 0 Å². The predicted octanol–water partition coefficient (Wildman–Crippen LogP) is 3.71. The van der Waals surface area contributed by atoms with Crippen molar-refractivity contribution in [2.75, 3.05) is 0 Å². The molecule has 0 unspecified atom stereocenters. The van der Waals surface area contributed by atoms with Gasteiger partial charge in [-0.25, -0.2) is 4.79 Å². The topological polar surface area (TPSA) is 82.6 Å². The fraction of sp³-hybridized carbons (Fsp3) is 0.0714. The summed E-state index contributed by atoms with van der Waals surface area (Å²) in [6, 6.07) is 9.21. The number of nitrogens with zero attached hydrogens (tertiary/aromatic N) is 1. The predicted molar refractivity (Wildman–Crippen MR) is 78.3 cm³/mol. The molecule has 0 spiro atoms. The molecule has 0 fully saturated rings. The number of non-ortho nitro benzene ring substituents is 1. The van der Waals surface area contributed by atoms with Gasteiger partial charge in [-0.1, -0.05) is 0 Å². The first-order valence-corrected chi connectivity index (χ1v) is 6.67. The zero-order valence-corrected chi connectivity index (χ0v) is 12.3. The highest BCUT2D eigenvalue weighted by Crippen LogP contribution is 2.15. The number of esters is 1. The number of benzene rings is 1. The van der Waals surface area contributed by atoms with E-state index in [1.54, 1.807) is 24.3 Å². The maximum atomic E-state index is 11.5. The summed E-state index contributed by atoms with van der Waals surface area (Å²) in [5.41, 5.74) is 0.663. The summed E-state index contributed by atoms with van der Waals surface area (Å²) in [6.45, 7) is 0.0447. The monoisotopic (exact) mass is 351 g/mol. The molecule has 0 aliphatic carbocycles. The highest BCUT2D eigenvalue weighted by atomic mass is 79.9. The normalized spacial score (nSPS) is 10.7. The van der Waals surface area contributed by atoms with Gasteiger partial charge in [0.05, 0.1) is 4.92 Å². The minimum atomic E-state index is -0.527. The van der Waals surface area contributed by atoms with Gasteiger partial charge in [0.15, 0.2) is 4.67 Å². The van der Waals surface area contributed by atoms with E-state index in [1.807, 2.05) is 0 Å². The van der Waals surface area contributed by atoms with Gasteiger partial charge in [-0.05, 0) is 51.8 Å². The second-order valence-corrected chi connectivity index (χ2v) is 4.79. The molecule has 0 N–H and O–H groups in total. The van der Waals surface area contributed by atoms with Crippen LogP contribution in [0, 0.1) is 10.1 Å². The third-order valence-electron chi connectivity index (χ3n) is 2.51. The molecule has 1 heterocycles. The number of halogens is 1. The summed E-state index contributed by atoms with van der Waals surface area (Å²) < 4.78 is 10.8. The van der Waals surface area contributed by atoms with E-state index in [4.69, 9.17) is 9.15 Å². The van der Waals surface area contributed by atoms with Crippen LogP contribution in [0.25, 0.3) is 6.08 Å². The molecule has 2 rings (SSSR count). The van der Waals surface area contributed by atoms with Crippen molar-refractivity contribution in [1.29, 1.82) is 0 Å². The highest BCUT2D eigenvalue weighted by molar-refractivity contribution is 9.10. The van der Waals surface area contributed by atoms with E-state index < -0.39 is 10.9 Å². The molecule has 2 aromatic rings. The van der Waals surface area contributed by atoms with Crippen LogP contribution in [0.4, 0.5) is 5.69 Å². The molecular formula is C14H10BrNO5. The molecule has 108 valence electrons. The summed E-state index contributed by atoms with van der Waals surface area (Å²) in [6.07, 6.45) is 2.74. The van der Waals surface area contributed by atoms with Gasteiger partial charge in [-0.3, -0.25) is 10.1 Å². The lowest BCUT2D eigenvalue weighted by molar-refractivity contribution is -0.384. The first kappa shape index (κ1) is 15.0. The van der Waals surface area contributed by atoms with E-state index >= 15 is 0 Å². The van der Waals surface area contributed by atoms with Crippen LogP contribution in [-0.4, -0.2) is 10.9 Å². The number of ether oxygens (including phenoxy) is 1. The number of carbonyl (C=O) groups is 1. The molecule has 0 aliphatic rings. The lowest BCUT2D eigenvalue weighted by atomic mass is 10.2. The molecule has 1 aromatic heterocycles. The Bertz CT molecular complexity index is 675. The lowest BCUT2D eigenvalue weighted by Crippen LogP contribution is -2.00. The van der Waals surface area contributed by atoms with E-state index in [-0.39, 0.29) is 12.3 Å². The molecule has 0 atom stereocenters. The third-order valence-corrected chi connectivity index (χ3v) is 2.93. The van der Waals surface area contributed by atoms with Crippen molar-refractivity contribution in [2.45, 2.75) is 6.61 Å². The van der Waals surface area contributed by atoms with Crippen molar-refractivity contribution < 1.29 is 18.9 Å². The van der Waals surface area contributed by atoms with Gasteiger partial charge in [0.1, 0.15) is 12.4 Å². The molecule has 0 saturated heterocycles. The van der Waals surface area contributed by atoms with Crippen molar-refractivity contribution in [3.8, 4) is 0 Å². The van der Waals surface area contributed by atoms with Gasteiger partial charge >= 0.3 is 5.97 Å². The second kappa shape index (κ2) is 6.85. The number of hydrogen-bond acceptors (Lipinski definition) is 5. The summed E-state index contributed by atoms with van der Waals surface area (Å²) in [4.78, 5) is 21.5. The molecule has 0 bridgehead atoms. The molecule has 21 heavy (non-hydrogen) atoms. The van der Waals surface area contributed by atoms with Crippen LogP contribution in [0.5, 0.6) is 0 Å². The van der Waals surface area contributed by atoms with Gasteiger partial charge in [0.2, 0.25) is 0 Å². The molecular weight excluding hydrogens is 342 g/mol. The SMILES string of the molecule is O=C(/C=C/c1ccc(Br)o1)OCc1ccc([N+](=O)[O-])cc1. The zero-order chi connectivity index (χ0) is 15.2. The minimum absolute atomic E-state index is 0.00614. The Morgan fingerprint density at radius 3 is 2.57 bits per heavy atom. The standard InChI is InChI=1S/C14H10BrNO5/c15-13-7-5-12(21-13)6-8-14(17)20-9-10-1-3-11(4-2-10)16(18)19/h1-8H,9H2/b8-6+. The van der Waals surface area contributed by atoms with Crippen molar-refractivity contribution >= 4 is 33.7 Å². The van der Waals surface area contributed by atoms with Crippen molar-refractivity contribution in [3.63, 3.8) is 0 Å². The molecule has 0 aliphatic heterocycles. The Kier molecular flexibility index (Phi) is 4.89. The number of nitro groups is 1. The Labute approximate surface area is 128 Å². The molecule has 6 nitrogen and oxygen atoms in total. The van der Waals surface area contributed by atoms with E-state index in [9.17, 15) is 14.9 Å². The summed E-state index contributed by atoms with van der Waals surface area (Å²) in [7, 11) is 0. The van der Waals surface area contributed by atoms with Crippen LogP contribution in [0.3, 0.4) is 0 Å². The Morgan fingerprint density at radius 2 is 2.00 bits per heavy atom. The van der Waals surface area contributed by atoms with Gasteiger partial charge in [-0.2, -0.15) is 0 Å². The second-order valence-electron chi connectivity index (χ2n) is 4.01. The van der Waals surface area contributed by atoms with E-state index in [0.29, 0.717) is 16.0 Å². The van der Waals surface area contributed by atoms with Gasteiger partial charge in [0, 0.05) is 18.2 Å². The van der Waals surface area contributed by atoms with E-state index in [0.717, 1.165) is 0 Å². The molecule has 0 radical (unpaired) electrons. The van der Waals surface area contributed by atoms with Crippen LogP contribution in [0.1, 0.15) is 11.3 Å². The number of furan rings is 1. The van der Waals surface area contributed by atoms with E-state index in [1.165, 1.54) is 24.3 Å². The zero-order valence-electron chi connectivity index (χ0n) is 10.7. The fourth-order valence-corrected chi connectivity index (χ4v) is 1.80. The number of rotatable bonds is 5. The maximum absolute atomic E-state index is 11.5. The first-order valence-electron chi connectivity index (χ1n) is 5.88. The molecule has 0 saturated carbocycles. The third kappa shape index (κ3) is 4.57. The lowest BCUT2D eigenvalue weighted by Gasteiger charge is -2.01. The van der Waals surface area contributed by atoms with Crippen LogP contribution >= 0.6 is 15.9 Å². The Morgan fingerprint density at radius 1 is 1.29 bits per heavy atom. The average Bonchev–Trinajstić information content (AvgIpc) is 2.89. The quantitative estimate of drug-likeness (QED) is 0.355.